The molecule has 27 heavy (non-hydrogen) atoms. The molecule has 0 aromatic carbocycles. The lowest BCUT2D eigenvalue weighted by atomic mass is 10.1. The van der Waals surface area contributed by atoms with Crippen molar-refractivity contribution in [3.8, 4) is 0 Å². The van der Waals surface area contributed by atoms with Crippen molar-refractivity contribution in [1.29, 1.82) is 0 Å². The zero-order valence-electron chi connectivity index (χ0n) is 15.9. The monoisotopic (exact) mass is 375 g/mol. The molecule has 2 amide bonds. The summed E-state index contributed by atoms with van der Waals surface area (Å²) in [5, 5.41) is 2.60. The van der Waals surface area contributed by atoms with E-state index in [2.05, 4.69) is 10.3 Å². The van der Waals surface area contributed by atoms with Crippen molar-refractivity contribution in [1.82, 2.24) is 15.2 Å². The van der Waals surface area contributed by atoms with E-state index >= 15 is 0 Å². The van der Waals surface area contributed by atoms with Crippen LogP contribution in [0, 0.1) is 17.8 Å². The number of halogens is 1. The summed E-state index contributed by atoms with van der Waals surface area (Å²) in [5.41, 5.74) is 0.280. The molecule has 1 saturated heterocycles. The first-order valence-corrected chi connectivity index (χ1v) is 9.22. The largest absolute Gasteiger partial charge is 0.444 e. The maximum absolute atomic E-state index is 14.4. The number of hydrogen-bond acceptors (Lipinski definition) is 4. The molecule has 2 unspecified atom stereocenters. The van der Waals surface area contributed by atoms with Crippen molar-refractivity contribution in [3.05, 3.63) is 36.2 Å². The summed E-state index contributed by atoms with van der Waals surface area (Å²) < 4.78 is 19.8. The number of nitrogens with zero attached hydrogens (tertiary/aromatic N) is 2. The van der Waals surface area contributed by atoms with Gasteiger partial charge < -0.3 is 15.0 Å². The lowest BCUT2D eigenvalue weighted by Crippen LogP contribution is -2.38. The van der Waals surface area contributed by atoms with Crippen LogP contribution in [-0.4, -0.2) is 53.3 Å². The number of amides is 2. The molecule has 146 valence electrons. The summed E-state index contributed by atoms with van der Waals surface area (Å²) in [7, 11) is 0. The Balaban J connectivity index is 1.39. The van der Waals surface area contributed by atoms with Gasteiger partial charge in [-0.25, -0.2) is 9.18 Å². The smallest absolute Gasteiger partial charge is 0.410 e. The van der Waals surface area contributed by atoms with E-state index in [4.69, 9.17) is 4.74 Å². The quantitative estimate of drug-likeness (QED) is 0.803. The Morgan fingerprint density at radius 1 is 1.41 bits per heavy atom. The number of alkyl halides is 1. The molecule has 2 heterocycles. The van der Waals surface area contributed by atoms with Crippen LogP contribution in [-0.2, 0) is 9.53 Å². The van der Waals surface area contributed by atoms with Gasteiger partial charge in [0, 0.05) is 44.0 Å². The molecule has 4 atom stereocenters. The zero-order chi connectivity index (χ0) is 19.6. The fourth-order valence-electron chi connectivity index (χ4n) is 3.62. The van der Waals surface area contributed by atoms with E-state index in [1.165, 1.54) is 6.08 Å². The molecule has 2 fully saturated rings. The lowest BCUT2D eigenvalue weighted by Gasteiger charge is -2.26. The summed E-state index contributed by atoms with van der Waals surface area (Å²) in [4.78, 5) is 29.5. The highest BCUT2D eigenvalue weighted by molar-refractivity contribution is 5.91. The average molecular weight is 375 g/mol. The minimum atomic E-state index is -1.10. The summed E-state index contributed by atoms with van der Waals surface area (Å²) >= 11 is 0. The van der Waals surface area contributed by atoms with Gasteiger partial charge in [-0.2, -0.15) is 0 Å². The van der Waals surface area contributed by atoms with Crippen LogP contribution in [0.2, 0.25) is 0 Å². The summed E-state index contributed by atoms with van der Waals surface area (Å²) in [6.07, 6.45) is 4.88. The normalized spacial score (nSPS) is 25.2. The van der Waals surface area contributed by atoms with Crippen molar-refractivity contribution >= 4 is 18.1 Å². The molecule has 6 nitrogen and oxygen atoms in total. The van der Waals surface area contributed by atoms with Gasteiger partial charge in [0.05, 0.1) is 0 Å². The van der Waals surface area contributed by atoms with Crippen LogP contribution in [0.3, 0.4) is 0 Å². The van der Waals surface area contributed by atoms with E-state index in [1.54, 1.807) is 29.4 Å². The number of nitrogens with one attached hydrogen (secondary N) is 1. The van der Waals surface area contributed by atoms with Gasteiger partial charge in [-0.15, -0.1) is 0 Å². The van der Waals surface area contributed by atoms with Crippen LogP contribution >= 0.6 is 0 Å². The van der Waals surface area contributed by atoms with Crippen molar-refractivity contribution in [3.63, 3.8) is 0 Å². The Bertz CT molecular complexity index is 705. The Morgan fingerprint density at radius 3 is 2.70 bits per heavy atom. The lowest BCUT2D eigenvalue weighted by molar-refractivity contribution is -0.116. The zero-order valence-corrected chi connectivity index (χ0v) is 15.9. The van der Waals surface area contributed by atoms with Crippen LogP contribution < -0.4 is 5.32 Å². The average Bonchev–Trinajstić information content (AvgIpc) is 3.11. The highest BCUT2D eigenvalue weighted by atomic mass is 19.1. The van der Waals surface area contributed by atoms with Crippen LogP contribution in [0.25, 0.3) is 6.08 Å². The van der Waals surface area contributed by atoms with Gasteiger partial charge in [-0.1, -0.05) is 6.07 Å². The van der Waals surface area contributed by atoms with E-state index < -0.39 is 11.8 Å². The van der Waals surface area contributed by atoms with Gasteiger partial charge in [-0.05, 0) is 50.3 Å². The summed E-state index contributed by atoms with van der Waals surface area (Å²) in [6.45, 7) is 6.52. The Labute approximate surface area is 158 Å². The Hall–Kier alpha value is -2.44. The Morgan fingerprint density at radius 2 is 2.11 bits per heavy atom. The third-order valence-electron chi connectivity index (χ3n) is 4.91. The van der Waals surface area contributed by atoms with Gasteiger partial charge in [0.15, 0.2) is 0 Å². The molecule has 3 rings (SSSR count). The number of hydrogen-bond donors (Lipinski definition) is 1. The standard InChI is InChI=1S/C20H26FN3O3/c1-20(2,3)27-19(26)24-11-14-15(12-24)18(14)16(21)10-23-17(25)7-6-13-5-4-8-22-9-13/h4-9,14-16,18H,10-12H2,1-3H3,(H,23,25)/b7-6+/t14-,15+,16?,18?. The van der Waals surface area contributed by atoms with Gasteiger partial charge in [0.1, 0.15) is 11.8 Å². The van der Waals surface area contributed by atoms with Crippen molar-refractivity contribution in [2.75, 3.05) is 19.6 Å². The van der Waals surface area contributed by atoms with Crippen molar-refractivity contribution in [2.24, 2.45) is 17.8 Å². The van der Waals surface area contributed by atoms with Crippen LogP contribution in [0.5, 0.6) is 0 Å². The first-order valence-electron chi connectivity index (χ1n) is 9.22. The van der Waals surface area contributed by atoms with E-state index in [-0.39, 0.29) is 36.3 Å². The molecule has 2 aliphatic rings. The molecule has 0 radical (unpaired) electrons. The number of aromatic nitrogens is 1. The maximum Gasteiger partial charge on any atom is 0.410 e. The van der Waals surface area contributed by atoms with Gasteiger partial charge in [-0.3, -0.25) is 9.78 Å². The highest BCUT2D eigenvalue weighted by Gasteiger charge is 2.60. The van der Waals surface area contributed by atoms with Crippen molar-refractivity contribution < 1.29 is 18.7 Å². The minimum Gasteiger partial charge on any atom is -0.444 e. The number of likely N-dealkylation sites (tertiary alicyclic amines) is 1. The topological polar surface area (TPSA) is 71.5 Å². The second-order valence-electron chi connectivity index (χ2n) is 8.17. The van der Waals surface area contributed by atoms with E-state index in [9.17, 15) is 14.0 Å². The van der Waals surface area contributed by atoms with E-state index in [0.717, 1.165) is 5.56 Å². The van der Waals surface area contributed by atoms with Crippen molar-refractivity contribution in [2.45, 2.75) is 32.5 Å². The number of fused-ring (bicyclic) bond motifs is 1. The number of rotatable bonds is 5. The van der Waals surface area contributed by atoms with Crippen LogP contribution in [0.1, 0.15) is 26.3 Å². The minimum absolute atomic E-state index is 0.0136. The molecular formula is C20H26FN3O3. The summed E-state index contributed by atoms with van der Waals surface area (Å²) in [5.74, 6) is -0.0975. The SMILES string of the molecule is CC(C)(C)OC(=O)N1C[C@@H]2C(C(F)CNC(=O)/C=C/c3cccnc3)[C@@H]2C1. The van der Waals surface area contributed by atoms with Gasteiger partial charge in [0.25, 0.3) is 0 Å². The maximum atomic E-state index is 14.4. The number of ether oxygens (including phenoxy) is 1. The molecular weight excluding hydrogens is 349 g/mol. The molecule has 1 aliphatic carbocycles. The fourth-order valence-corrected chi connectivity index (χ4v) is 3.62. The molecule has 7 heteroatoms. The fraction of sp³-hybridized carbons (Fsp3) is 0.550. The number of carbonyl (C=O) groups excluding carboxylic acids is 2. The molecule has 0 bridgehead atoms. The van der Waals surface area contributed by atoms with Crippen LogP contribution in [0.4, 0.5) is 9.18 Å². The third kappa shape index (κ3) is 5.05. The Kier molecular flexibility index (Phi) is 5.48. The molecule has 1 N–H and O–H groups in total. The first kappa shape index (κ1) is 19.3. The van der Waals surface area contributed by atoms with E-state index in [1.807, 2.05) is 26.8 Å². The molecule has 1 aromatic heterocycles. The second-order valence-corrected chi connectivity index (χ2v) is 8.17. The first-order chi connectivity index (χ1) is 12.7. The van der Waals surface area contributed by atoms with E-state index in [0.29, 0.717) is 13.1 Å². The predicted molar refractivity (Wildman–Crippen MR) is 99.5 cm³/mol. The molecule has 1 aromatic rings. The van der Waals surface area contributed by atoms with Gasteiger partial charge >= 0.3 is 6.09 Å². The van der Waals surface area contributed by atoms with Gasteiger partial charge in [0.2, 0.25) is 5.91 Å². The number of carbonyl (C=O) groups is 2. The molecule has 1 saturated carbocycles. The third-order valence-corrected chi connectivity index (χ3v) is 4.91. The highest BCUT2D eigenvalue weighted by Crippen LogP contribution is 2.54. The number of pyridine rings is 1. The van der Waals surface area contributed by atoms with Crippen LogP contribution in [0.15, 0.2) is 30.6 Å². The predicted octanol–water partition coefficient (Wildman–Crippen LogP) is 2.66. The number of piperidine rings is 1. The second kappa shape index (κ2) is 7.66. The summed E-state index contributed by atoms with van der Waals surface area (Å²) in [6, 6.07) is 3.61. The molecule has 1 aliphatic heterocycles. The molecule has 0 spiro atoms.